The van der Waals surface area contributed by atoms with Crippen LogP contribution in [0.15, 0.2) is 35.5 Å². The molecule has 0 amide bonds. The molecular weight excluding hydrogens is 406 g/mol. The van der Waals surface area contributed by atoms with Crippen molar-refractivity contribution in [2.75, 3.05) is 30.4 Å². The number of sulfone groups is 1. The average Bonchev–Trinajstić information content (AvgIpc) is 3.23. The molecule has 3 aromatic heterocycles. The van der Waals surface area contributed by atoms with E-state index in [-0.39, 0.29) is 17.6 Å². The molecule has 0 saturated carbocycles. The van der Waals surface area contributed by atoms with Crippen LogP contribution in [0.25, 0.3) is 22.3 Å². The smallest absolute Gasteiger partial charge is 0.294 e. The molecule has 0 aliphatic carbocycles. The summed E-state index contributed by atoms with van der Waals surface area (Å²) < 4.78 is 32.0. The molecule has 1 unspecified atom stereocenters. The van der Waals surface area contributed by atoms with Gasteiger partial charge in [0.1, 0.15) is 11.0 Å². The van der Waals surface area contributed by atoms with Crippen molar-refractivity contribution >= 4 is 26.7 Å². The molecule has 9 nitrogen and oxygen atoms in total. The Morgan fingerprint density at radius 2 is 2.17 bits per heavy atom. The number of aromatic amines is 1. The minimum atomic E-state index is -3.49. The van der Waals surface area contributed by atoms with Gasteiger partial charge in [-0.05, 0) is 26.0 Å². The van der Waals surface area contributed by atoms with Gasteiger partial charge in [-0.2, -0.15) is 0 Å². The zero-order chi connectivity index (χ0) is 21.5. The van der Waals surface area contributed by atoms with Gasteiger partial charge in [0.2, 0.25) is 0 Å². The molecule has 4 heterocycles. The van der Waals surface area contributed by atoms with E-state index in [9.17, 15) is 13.2 Å². The highest BCUT2D eigenvalue weighted by molar-refractivity contribution is 7.91. The van der Waals surface area contributed by atoms with E-state index < -0.39 is 20.8 Å². The molecule has 0 aromatic carbocycles. The molecule has 1 fully saturated rings. The summed E-state index contributed by atoms with van der Waals surface area (Å²) in [5.74, 6) is 0.181. The molecule has 0 spiro atoms. The molecule has 1 N–H and O–H groups in total. The molecule has 0 bridgehead atoms. The first kappa shape index (κ1) is 20.5. The molecule has 30 heavy (non-hydrogen) atoms. The summed E-state index contributed by atoms with van der Waals surface area (Å²) in [6.45, 7) is 6.55. The fourth-order valence-electron chi connectivity index (χ4n) is 3.72. The summed E-state index contributed by atoms with van der Waals surface area (Å²) in [6.07, 6.45) is 4.98. The molecular formula is C20H25N5O4S. The Kier molecular flexibility index (Phi) is 5.37. The second-order valence-corrected chi connectivity index (χ2v) is 10.0. The number of nitrogens with zero attached hydrogens (tertiary/aromatic N) is 4. The van der Waals surface area contributed by atoms with Crippen LogP contribution in [0.3, 0.4) is 0 Å². The summed E-state index contributed by atoms with van der Waals surface area (Å²) in [4.78, 5) is 27.3. The van der Waals surface area contributed by atoms with Crippen LogP contribution >= 0.6 is 0 Å². The summed E-state index contributed by atoms with van der Waals surface area (Å²) in [5, 5.41) is -0.155. The number of hydrogen-bond acceptors (Lipinski definition) is 7. The van der Waals surface area contributed by atoms with E-state index in [0.29, 0.717) is 31.1 Å². The van der Waals surface area contributed by atoms with Crippen LogP contribution < -0.4 is 10.5 Å². The van der Waals surface area contributed by atoms with Gasteiger partial charge in [-0.1, -0.05) is 6.92 Å². The Morgan fingerprint density at radius 3 is 2.90 bits per heavy atom. The summed E-state index contributed by atoms with van der Waals surface area (Å²) >= 11 is 0. The minimum absolute atomic E-state index is 0.0505. The Labute approximate surface area is 174 Å². The summed E-state index contributed by atoms with van der Waals surface area (Å²) in [7, 11) is -3.49. The van der Waals surface area contributed by atoms with Crippen LogP contribution in [0, 0.1) is 0 Å². The van der Waals surface area contributed by atoms with Crippen molar-refractivity contribution in [1.29, 1.82) is 0 Å². The van der Waals surface area contributed by atoms with Crippen LogP contribution in [0.1, 0.15) is 26.1 Å². The number of anilines is 1. The third-order valence-corrected chi connectivity index (χ3v) is 7.67. The normalized spacial score (nSPS) is 18.6. The lowest BCUT2D eigenvalue weighted by Crippen LogP contribution is -2.47. The van der Waals surface area contributed by atoms with Crippen LogP contribution in [-0.2, 0) is 14.6 Å². The van der Waals surface area contributed by atoms with Crippen molar-refractivity contribution in [2.45, 2.75) is 32.2 Å². The largest absolute Gasteiger partial charge is 0.377 e. The van der Waals surface area contributed by atoms with E-state index in [2.05, 4.69) is 9.97 Å². The number of rotatable bonds is 5. The maximum absolute atomic E-state index is 13.3. The van der Waals surface area contributed by atoms with Gasteiger partial charge in [0.25, 0.3) is 5.56 Å². The van der Waals surface area contributed by atoms with Crippen molar-refractivity contribution in [3.05, 3.63) is 41.1 Å². The highest BCUT2D eigenvalue weighted by Gasteiger charge is 2.28. The van der Waals surface area contributed by atoms with Gasteiger partial charge in [-0.25, -0.2) is 18.4 Å². The SMILES string of the molecule is CCS(=O)(=O)C(C)n1cc(-c2ccnc3[nH]ccc23)nc(N2CCOC[C@H]2C)c1=O. The zero-order valence-electron chi connectivity index (χ0n) is 17.2. The molecule has 10 heteroatoms. The van der Waals surface area contributed by atoms with E-state index in [1.807, 2.05) is 24.0 Å². The van der Waals surface area contributed by atoms with Crippen LogP contribution in [0.5, 0.6) is 0 Å². The van der Waals surface area contributed by atoms with E-state index in [4.69, 9.17) is 9.72 Å². The topological polar surface area (TPSA) is 110 Å². The second kappa shape index (κ2) is 7.84. The Balaban J connectivity index is 1.97. The van der Waals surface area contributed by atoms with Gasteiger partial charge >= 0.3 is 0 Å². The number of morpholine rings is 1. The van der Waals surface area contributed by atoms with Crippen molar-refractivity contribution in [1.82, 2.24) is 19.5 Å². The van der Waals surface area contributed by atoms with Gasteiger partial charge in [-0.3, -0.25) is 9.36 Å². The molecule has 1 saturated heterocycles. The molecule has 1 aliphatic rings. The van der Waals surface area contributed by atoms with E-state index in [1.54, 1.807) is 19.3 Å². The Bertz CT molecular complexity index is 1230. The first-order valence-corrected chi connectivity index (χ1v) is 11.7. The maximum atomic E-state index is 13.3. The highest BCUT2D eigenvalue weighted by Crippen LogP contribution is 2.28. The lowest BCUT2D eigenvalue weighted by Gasteiger charge is -2.34. The third kappa shape index (κ3) is 3.50. The lowest BCUT2D eigenvalue weighted by molar-refractivity contribution is 0.0983. The zero-order valence-corrected chi connectivity index (χ0v) is 18.0. The standard InChI is InChI=1S/C20H25N5O4S/c1-4-30(27,28)14(3)25-11-17(15-5-7-21-18-16(15)6-8-22-18)23-19(20(25)26)24-9-10-29-12-13(24)2/h5-8,11,13-14H,4,9-10,12H2,1-3H3,(H,21,22)/t13-,14?/m1/s1. The number of hydrogen-bond donors (Lipinski definition) is 1. The van der Waals surface area contributed by atoms with E-state index in [0.717, 1.165) is 10.9 Å². The molecule has 3 aromatic rings. The van der Waals surface area contributed by atoms with Gasteiger partial charge in [-0.15, -0.1) is 0 Å². The van der Waals surface area contributed by atoms with Crippen molar-refractivity contribution in [3.8, 4) is 11.3 Å². The second-order valence-electron chi connectivity index (χ2n) is 7.43. The lowest BCUT2D eigenvalue weighted by atomic mass is 10.1. The fourth-order valence-corrected chi connectivity index (χ4v) is 4.71. The summed E-state index contributed by atoms with van der Waals surface area (Å²) in [6, 6.07) is 3.65. The van der Waals surface area contributed by atoms with Gasteiger partial charge in [0.05, 0.1) is 24.9 Å². The minimum Gasteiger partial charge on any atom is -0.377 e. The van der Waals surface area contributed by atoms with Gasteiger partial charge in [0, 0.05) is 41.8 Å². The molecule has 160 valence electrons. The predicted molar refractivity (Wildman–Crippen MR) is 115 cm³/mol. The summed E-state index contributed by atoms with van der Waals surface area (Å²) in [5.41, 5.74) is 1.57. The number of ether oxygens (including phenoxy) is 1. The van der Waals surface area contributed by atoms with Crippen molar-refractivity contribution < 1.29 is 13.2 Å². The Morgan fingerprint density at radius 1 is 1.37 bits per heavy atom. The van der Waals surface area contributed by atoms with Gasteiger partial charge in [0.15, 0.2) is 15.7 Å². The third-order valence-electron chi connectivity index (χ3n) is 5.60. The number of H-pyrrole nitrogens is 1. The van der Waals surface area contributed by atoms with Gasteiger partial charge < -0.3 is 14.6 Å². The molecule has 4 rings (SSSR count). The highest BCUT2D eigenvalue weighted by atomic mass is 32.2. The quantitative estimate of drug-likeness (QED) is 0.657. The average molecular weight is 432 g/mol. The number of aromatic nitrogens is 4. The maximum Gasteiger partial charge on any atom is 0.294 e. The van der Waals surface area contributed by atoms with E-state index >= 15 is 0 Å². The van der Waals surface area contributed by atoms with Crippen LogP contribution in [-0.4, -0.2) is 59.5 Å². The van der Waals surface area contributed by atoms with Crippen molar-refractivity contribution in [3.63, 3.8) is 0 Å². The Hall–Kier alpha value is -2.72. The first-order chi connectivity index (χ1) is 14.3. The van der Waals surface area contributed by atoms with Crippen LogP contribution in [0.4, 0.5) is 5.82 Å². The first-order valence-electron chi connectivity index (χ1n) is 9.95. The van der Waals surface area contributed by atoms with Crippen LogP contribution in [0.2, 0.25) is 0 Å². The molecule has 0 radical (unpaired) electrons. The number of nitrogens with one attached hydrogen (secondary N) is 1. The molecule has 2 atom stereocenters. The molecule has 1 aliphatic heterocycles. The number of pyridine rings is 1. The predicted octanol–water partition coefficient (Wildman–Crippen LogP) is 1.96. The van der Waals surface area contributed by atoms with Crippen molar-refractivity contribution in [2.24, 2.45) is 0 Å². The van der Waals surface area contributed by atoms with E-state index in [1.165, 1.54) is 17.7 Å². The fraction of sp³-hybridized carbons (Fsp3) is 0.450. The monoisotopic (exact) mass is 431 g/mol. The number of fused-ring (bicyclic) bond motifs is 1.